The minimum Gasteiger partial charge on any atom is -0.393 e. The van der Waals surface area contributed by atoms with Crippen molar-refractivity contribution < 1.29 is 14.3 Å². The highest BCUT2D eigenvalue weighted by Gasteiger charge is 2.22. The fraction of sp³-hybridized carbons (Fsp3) is 0.944. The Balaban J connectivity index is 3.90. The average molecular weight is 551 g/mol. The molecule has 0 saturated carbocycles. The van der Waals surface area contributed by atoms with Crippen molar-refractivity contribution in [1.29, 1.82) is 0 Å². The van der Waals surface area contributed by atoms with Crippen molar-refractivity contribution in [2.75, 3.05) is 0 Å². The van der Waals surface area contributed by atoms with Gasteiger partial charge < -0.3 is 4.74 Å². The molecule has 0 aliphatic carbocycles. The van der Waals surface area contributed by atoms with E-state index in [-0.39, 0.29) is 17.9 Å². The third kappa shape index (κ3) is 28.5. The monoisotopic (exact) mass is 551 g/mol. The summed E-state index contributed by atoms with van der Waals surface area (Å²) in [4.78, 5) is 25.1. The topological polar surface area (TPSA) is 43.4 Å². The number of carbonyl (C=O) groups excluding carboxylic acids is 2. The Hall–Kier alpha value is -0.860. The van der Waals surface area contributed by atoms with E-state index in [0.717, 1.165) is 38.5 Å². The lowest BCUT2D eigenvalue weighted by Crippen LogP contribution is -2.21. The highest BCUT2D eigenvalue weighted by atomic mass is 16.6. The summed E-state index contributed by atoms with van der Waals surface area (Å²) < 4.78 is 5.34. The number of hydrogen-bond donors (Lipinski definition) is 0. The van der Waals surface area contributed by atoms with Crippen molar-refractivity contribution in [3.05, 3.63) is 0 Å². The molecule has 0 aromatic rings. The fourth-order valence-corrected chi connectivity index (χ4v) is 5.61. The van der Waals surface area contributed by atoms with Crippen LogP contribution in [0.4, 0.5) is 0 Å². The summed E-state index contributed by atoms with van der Waals surface area (Å²) in [5, 5.41) is 0. The molecule has 0 aliphatic rings. The van der Waals surface area contributed by atoms with E-state index in [1.165, 1.54) is 148 Å². The van der Waals surface area contributed by atoms with E-state index < -0.39 is 0 Å². The van der Waals surface area contributed by atoms with E-state index in [4.69, 9.17) is 4.74 Å². The van der Waals surface area contributed by atoms with Gasteiger partial charge in [-0.15, -0.1) is 0 Å². The molecule has 0 rings (SSSR count). The molecule has 3 nitrogen and oxygen atoms in total. The molecule has 1 unspecified atom stereocenters. The van der Waals surface area contributed by atoms with Gasteiger partial charge in [-0.2, -0.15) is 0 Å². The normalized spacial score (nSPS) is 12.1. The van der Waals surface area contributed by atoms with Crippen LogP contribution in [0.25, 0.3) is 0 Å². The maximum atomic E-state index is 12.8. The van der Waals surface area contributed by atoms with Crippen LogP contribution < -0.4 is 0 Å². The van der Waals surface area contributed by atoms with Gasteiger partial charge in [-0.3, -0.25) is 9.59 Å². The zero-order chi connectivity index (χ0) is 28.7. The number of esters is 2. The van der Waals surface area contributed by atoms with Crippen LogP contribution in [0.3, 0.4) is 0 Å². The third-order valence-electron chi connectivity index (χ3n) is 8.34. The molecule has 3 heteroatoms. The second-order valence-corrected chi connectivity index (χ2v) is 12.3. The number of unbranched alkanes of at least 4 members (excludes halogenated alkanes) is 24. The van der Waals surface area contributed by atoms with Gasteiger partial charge >= 0.3 is 11.9 Å². The van der Waals surface area contributed by atoms with Crippen molar-refractivity contribution in [1.82, 2.24) is 0 Å². The Labute approximate surface area is 245 Å². The molecule has 0 N–H and O–H groups in total. The van der Waals surface area contributed by atoms with E-state index in [2.05, 4.69) is 20.8 Å². The van der Waals surface area contributed by atoms with Gasteiger partial charge in [0, 0.05) is 6.42 Å². The molecule has 0 fully saturated rings. The first-order valence-electron chi connectivity index (χ1n) is 17.9. The lowest BCUT2D eigenvalue weighted by Gasteiger charge is -2.15. The molecule has 0 spiro atoms. The van der Waals surface area contributed by atoms with Crippen molar-refractivity contribution in [3.8, 4) is 0 Å². The molecule has 232 valence electrons. The largest absolute Gasteiger partial charge is 0.393 e. The van der Waals surface area contributed by atoms with E-state index >= 15 is 0 Å². The first-order valence-corrected chi connectivity index (χ1v) is 17.9. The minimum atomic E-state index is -0.301. The second kappa shape index (κ2) is 31.7. The highest BCUT2D eigenvalue weighted by molar-refractivity contribution is 5.86. The Bertz CT molecular complexity index is 515. The van der Waals surface area contributed by atoms with Crippen LogP contribution in [-0.4, -0.2) is 11.9 Å². The molecule has 0 saturated heterocycles. The van der Waals surface area contributed by atoms with Crippen molar-refractivity contribution in [2.24, 2.45) is 5.92 Å². The summed E-state index contributed by atoms with van der Waals surface area (Å²) in [5.74, 6) is -0.639. The standard InChI is InChI=1S/C36H70O3/c1-4-7-10-13-15-16-17-18-19-20-21-22-24-27-30-33-35(37)39-36(38)34(31-28-25-12-9-6-3)32-29-26-23-14-11-8-5-2/h34H,4-33H2,1-3H3. The number of carbonyl (C=O) groups is 2. The molecule has 0 aromatic heterocycles. The van der Waals surface area contributed by atoms with Crippen molar-refractivity contribution in [2.45, 2.75) is 213 Å². The summed E-state index contributed by atoms with van der Waals surface area (Å²) >= 11 is 0. The van der Waals surface area contributed by atoms with Crippen LogP contribution >= 0.6 is 0 Å². The lowest BCUT2D eigenvalue weighted by molar-refractivity contribution is -0.163. The maximum absolute atomic E-state index is 12.8. The van der Waals surface area contributed by atoms with Crippen LogP contribution in [0.1, 0.15) is 213 Å². The van der Waals surface area contributed by atoms with Gasteiger partial charge in [-0.25, -0.2) is 0 Å². The van der Waals surface area contributed by atoms with Gasteiger partial charge in [0.25, 0.3) is 0 Å². The predicted octanol–water partition coefficient (Wildman–Crippen LogP) is 12.4. The molecule has 0 amide bonds. The van der Waals surface area contributed by atoms with Gasteiger partial charge in [0.15, 0.2) is 0 Å². The number of ether oxygens (including phenoxy) is 1. The second-order valence-electron chi connectivity index (χ2n) is 12.3. The zero-order valence-electron chi connectivity index (χ0n) is 27.0. The van der Waals surface area contributed by atoms with E-state index in [1.54, 1.807) is 0 Å². The van der Waals surface area contributed by atoms with E-state index in [1.807, 2.05) is 0 Å². The Kier molecular flexibility index (Phi) is 31.0. The fourth-order valence-electron chi connectivity index (χ4n) is 5.61. The van der Waals surface area contributed by atoms with Crippen LogP contribution in [-0.2, 0) is 14.3 Å². The van der Waals surface area contributed by atoms with E-state index in [0.29, 0.717) is 6.42 Å². The third-order valence-corrected chi connectivity index (χ3v) is 8.34. The first kappa shape index (κ1) is 38.1. The van der Waals surface area contributed by atoms with Crippen LogP contribution in [0.2, 0.25) is 0 Å². The molecule has 0 aromatic carbocycles. The van der Waals surface area contributed by atoms with Crippen LogP contribution in [0, 0.1) is 5.92 Å². The molecule has 0 radical (unpaired) electrons. The minimum absolute atomic E-state index is 0.0905. The van der Waals surface area contributed by atoms with Gasteiger partial charge in [0.2, 0.25) is 0 Å². The molecular weight excluding hydrogens is 480 g/mol. The van der Waals surface area contributed by atoms with Gasteiger partial charge in [-0.05, 0) is 19.3 Å². The highest BCUT2D eigenvalue weighted by Crippen LogP contribution is 2.21. The molecule has 0 aliphatic heterocycles. The number of hydrogen-bond acceptors (Lipinski definition) is 3. The summed E-state index contributed by atoms with van der Waals surface area (Å²) in [6, 6.07) is 0. The van der Waals surface area contributed by atoms with Gasteiger partial charge in [0.1, 0.15) is 0 Å². The maximum Gasteiger partial charge on any atom is 0.316 e. The average Bonchev–Trinajstić information content (AvgIpc) is 2.93. The van der Waals surface area contributed by atoms with Crippen LogP contribution in [0.15, 0.2) is 0 Å². The van der Waals surface area contributed by atoms with Crippen LogP contribution in [0.5, 0.6) is 0 Å². The van der Waals surface area contributed by atoms with Gasteiger partial charge in [0.05, 0.1) is 5.92 Å². The van der Waals surface area contributed by atoms with Crippen molar-refractivity contribution >= 4 is 11.9 Å². The molecule has 1 atom stereocenters. The zero-order valence-corrected chi connectivity index (χ0v) is 27.0. The molecule has 0 heterocycles. The number of rotatable bonds is 31. The smallest absolute Gasteiger partial charge is 0.316 e. The summed E-state index contributed by atoms with van der Waals surface area (Å²) in [7, 11) is 0. The molecular formula is C36H70O3. The Morgan fingerprint density at radius 2 is 0.692 bits per heavy atom. The quantitative estimate of drug-likeness (QED) is 0.0489. The van der Waals surface area contributed by atoms with Gasteiger partial charge in [-0.1, -0.05) is 188 Å². The van der Waals surface area contributed by atoms with E-state index in [9.17, 15) is 9.59 Å². The summed E-state index contributed by atoms with van der Waals surface area (Å²) in [6.45, 7) is 6.75. The molecule has 39 heavy (non-hydrogen) atoms. The Morgan fingerprint density at radius 3 is 1.03 bits per heavy atom. The summed E-state index contributed by atoms with van der Waals surface area (Å²) in [6.07, 6.45) is 36.6. The summed E-state index contributed by atoms with van der Waals surface area (Å²) in [5.41, 5.74) is 0. The lowest BCUT2D eigenvalue weighted by atomic mass is 9.94. The first-order chi connectivity index (χ1) is 19.2. The van der Waals surface area contributed by atoms with Crippen molar-refractivity contribution in [3.63, 3.8) is 0 Å². The molecule has 0 bridgehead atoms. The SMILES string of the molecule is CCCCCCCCCCCCCCCCCC(=O)OC(=O)C(CCCCCCC)CCCCCCCCC. The predicted molar refractivity (Wildman–Crippen MR) is 170 cm³/mol. The Morgan fingerprint density at radius 1 is 0.410 bits per heavy atom.